The van der Waals surface area contributed by atoms with E-state index in [4.69, 9.17) is 4.74 Å². The summed E-state index contributed by atoms with van der Waals surface area (Å²) in [6.45, 7) is 4.43. The molecule has 0 aliphatic rings. The Morgan fingerprint density at radius 3 is 2.57 bits per heavy atom. The van der Waals surface area contributed by atoms with Gasteiger partial charge in [-0.2, -0.15) is 0 Å². The lowest BCUT2D eigenvalue weighted by Crippen LogP contribution is -2.39. The summed E-state index contributed by atoms with van der Waals surface area (Å²) in [5.41, 5.74) is 3.41. The van der Waals surface area contributed by atoms with Gasteiger partial charge in [0.25, 0.3) is 0 Å². The van der Waals surface area contributed by atoms with Crippen molar-refractivity contribution in [2.75, 3.05) is 27.7 Å². The van der Waals surface area contributed by atoms with Crippen LogP contribution in [0.3, 0.4) is 0 Å². The Hall–Kier alpha value is -2.29. The lowest BCUT2D eigenvalue weighted by atomic mass is 10.2. The van der Waals surface area contributed by atoms with Crippen LogP contribution in [-0.2, 0) is 13.1 Å². The highest BCUT2D eigenvalue weighted by atomic mass is 127. The molecule has 3 rings (SSSR count). The molecule has 6 nitrogen and oxygen atoms in total. The number of benzene rings is 2. The number of hydrogen-bond acceptors (Lipinski definition) is 3. The van der Waals surface area contributed by atoms with Gasteiger partial charge in [0.2, 0.25) is 0 Å². The van der Waals surface area contributed by atoms with Gasteiger partial charge in [-0.15, -0.1) is 24.0 Å². The maximum absolute atomic E-state index is 5.21. The first-order valence-electron chi connectivity index (χ1n) is 9.09. The summed E-state index contributed by atoms with van der Waals surface area (Å²) in [5.74, 6) is 2.76. The molecule has 7 heteroatoms. The summed E-state index contributed by atoms with van der Waals surface area (Å²) in [6.07, 6.45) is 0. The topological polar surface area (TPSA) is 54.7 Å². The zero-order valence-electron chi connectivity index (χ0n) is 16.8. The molecule has 0 aliphatic carbocycles. The highest BCUT2D eigenvalue weighted by Crippen LogP contribution is 2.15. The minimum absolute atomic E-state index is 0. The quantitative estimate of drug-likeness (QED) is 0.324. The van der Waals surface area contributed by atoms with Crippen LogP contribution in [0.4, 0.5) is 0 Å². The Morgan fingerprint density at radius 2 is 1.89 bits per heavy atom. The first kappa shape index (κ1) is 22.0. The fourth-order valence-corrected chi connectivity index (χ4v) is 3.22. The number of imidazole rings is 1. The highest BCUT2D eigenvalue weighted by Gasteiger charge is 2.09. The minimum atomic E-state index is 0. The first-order valence-corrected chi connectivity index (χ1v) is 9.09. The lowest BCUT2D eigenvalue weighted by Gasteiger charge is -2.22. The Bertz CT molecular complexity index is 920. The van der Waals surface area contributed by atoms with E-state index in [0.29, 0.717) is 0 Å². The number of hydrogen-bond donors (Lipinski definition) is 1. The molecule has 0 radical (unpaired) electrons. The monoisotopic (exact) mass is 493 g/mol. The molecule has 0 unspecified atom stereocenters. The molecular formula is C21H28IN5O. The number of guanidine groups is 1. The number of rotatable bonds is 6. The second-order valence-electron chi connectivity index (χ2n) is 6.48. The Morgan fingerprint density at radius 1 is 1.18 bits per heavy atom. The van der Waals surface area contributed by atoms with E-state index in [9.17, 15) is 0 Å². The molecular weight excluding hydrogens is 465 g/mol. The van der Waals surface area contributed by atoms with Crippen molar-refractivity contribution in [1.29, 1.82) is 0 Å². The largest absolute Gasteiger partial charge is 0.497 e. The van der Waals surface area contributed by atoms with Crippen molar-refractivity contribution in [3.8, 4) is 5.75 Å². The van der Waals surface area contributed by atoms with Crippen molar-refractivity contribution < 1.29 is 4.74 Å². The van der Waals surface area contributed by atoms with E-state index in [2.05, 4.69) is 49.0 Å². The van der Waals surface area contributed by atoms with Crippen LogP contribution in [0.25, 0.3) is 11.0 Å². The van der Waals surface area contributed by atoms with Crippen molar-refractivity contribution >= 4 is 41.0 Å². The molecule has 1 aromatic heterocycles. The second kappa shape index (κ2) is 10.3. The van der Waals surface area contributed by atoms with Crippen LogP contribution in [0.15, 0.2) is 53.5 Å². The molecule has 0 saturated heterocycles. The van der Waals surface area contributed by atoms with Gasteiger partial charge < -0.3 is 19.5 Å². The number of aryl methyl sites for hydroxylation is 1. The van der Waals surface area contributed by atoms with E-state index < -0.39 is 0 Å². The zero-order chi connectivity index (χ0) is 19.2. The maximum atomic E-state index is 5.21. The molecule has 3 aromatic rings. The number of para-hydroxylation sites is 2. The molecule has 0 saturated carbocycles. The number of fused-ring (bicyclic) bond motifs is 1. The van der Waals surface area contributed by atoms with Crippen molar-refractivity contribution in [2.45, 2.75) is 20.0 Å². The van der Waals surface area contributed by atoms with Crippen LogP contribution in [0.2, 0.25) is 0 Å². The number of methoxy groups -OCH3 is 1. The summed E-state index contributed by atoms with van der Waals surface area (Å²) < 4.78 is 7.45. The summed E-state index contributed by atoms with van der Waals surface area (Å²) in [6, 6.07) is 16.3. The third kappa shape index (κ3) is 5.15. The number of nitrogens with one attached hydrogen (secondary N) is 1. The lowest BCUT2D eigenvalue weighted by molar-refractivity contribution is 0.414. The molecule has 2 aromatic carbocycles. The van der Waals surface area contributed by atoms with Gasteiger partial charge in [0, 0.05) is 33.7 Å². The molecule has 0 aliphatic heterocycles. The highest BCUT2D eigenvalue weighted by molar-refractivity contribution is 14.0. The third-order valence-electron chi connectivity index (χ3n) is 4.62. The van der Waals surface area contributed by atoms with Crippen LogP contribution in [0.1, 0.15) is 11.4 Å². The van der Waals surface area contributed by atoms with Crippen molar-refractivity contribution in [1.82, 2.24) is 19.8 Å². The average Bonchev–Trinajstić information content (AvgIpc) is 3.01. The molecule has 0 bridgehead atoms. The van der Waals surface area contributed by atoms with Gasteiger partial charge in [-0.1, -0.05) is 24.3 Å². The zero-order valence-corrected chi connectivity index (χ0v) is 19.2. The number of halogens is 1. The van der Waals surface area contributed by atoms with Crippen LogP contribution in [0.5, 0.6) is 5.75 Å². The number of aromatic nitrogens is 2. The summed E-state index contributed by atoms with van der Waals surface area (Å²) in [5, 5.41) is 3.44. The third-order valence-corrected chi connectivity index (χ3v) is 4.62. The van der Waals surface area contributed by atoms with Gasteiger partial charge in [0.15, 0.2) is 5.96 Å². The SMILES string of the molecule is CN=C(NCCn1c(C)nc2ccccc21)N(C)Cc1ccc(OC)cc1.I. The van der Waals surface area contributed by atoms with E-state index in [-0.39, 0.29) is 24.0 Å². The number of nitrogens with zero attached hydrogens (tertiary/aromatic N) is 4. The van der Waals surface area contributed by atoms with E-state index in [1.807, 2.05) is 45.3 Å². The molecule has 0 atom stereocenters. The Labute approximate surface area is 183 Å². The molecule has 1 heterocycles. The van der Waals surface area contributed by atoms with Crippen LogP contribution in [-0.4, -0.2) is 48.2 Å². The van der Waals surface area contributed by atoms with Gasteiger partial charge in [0.05, 0.1) is 18.1 Å². The van der Waals surface area contributed by atoms with Crippen molar-refractivity contribution in [2.24, 2.45) is 4.99 Å². The van der Waals surface area contributed by atoms with Gasteiger partial charge >= 0.3 is 0 Å². The van der Waals surface area contributed by atoms with E-state index in [1.165, 1.54) is 11.1 Å². The molecule has 1 N–H and O–H groups in total. The summed E-state index contributed by atoms with van der Waals surface area (Å²) in [4.78, 5) is 11.1. The number of aliphatic imine (C=N–C) groups is 1. The Kier molecular flexibility index (Phi) is 8.10. The smallest absolute Gasteiger partial charge is 0.193 e. The van der Waals surface area contributed by atoms with Gasteiger partial charge in [-0.25, -0.2) is 4.98 Å². The number of ether oxygens (including phenoxy) is 1. The van der Waals surface area contributed by atoms with Crippen LogP contribution < -0.4 is 10.1 Å². The van der Waals surface area contributed by atoms with Crippen LogP contribution in [0, 0.1) is 6.92 Å². The average molecular weight is 493 g/mol. The molecule has 28 heavy (non-hydrogen) atoms. The summed E-state index contributed by atoms with van der Waals surface area (Å²) in [7, 11) is 5.53. The van der Waals surface area contributed by atoms with E-state index in [1.54, 1.807) is 7.11 Å². The van der Waals surface area contributed by atoms with Gasteiger partial charge in [-0.05, 0) is 36.8 Å². The normalized spacial score (nSPS) is 11.2. The van der Waals surface area contributed by atoms with Gasteiger partial charge in [0.1, 0.15) is 11.6 Å². The minimum Gasteiger partial charge on any atom is -0.497 e. The first-order chi connectivity index (χ1) is 13.1. The molecule has 150 valence electrons. The summed E-state index contributed by atoms with van der Waals surface area (Å²) >= 11 is 0. The van der Waals surface area contributed by atoms with Crippen molar-refractivity contribution in [3.05, 3.63) is 59.9 Å². The molecule has 0 fully saturated rings. The fourth-order valence-electron chi connectivity index (χ4n) is 3.22. The Balaban J connectivity index is 0.00000280. The van der Waals surface area contributed by atoms with Gasteiger partial charge in [-0.3, -0.25) is 4.99 Å². The predicted octanol–water partition coefficient (Wildman–Crippen LogP) is 3.68. The molecule has 0 amide bonds. The van der Waals surface area contributed by atoms with E-state index in [0.717, 1.165) is 42.7 Å². The second-order valence-corrected chi connectivity index (χ2v) is 6.48. The van der Waals surface area contributed by atoms with E-state index >= 15 is 0 Å². The fraction of sp³-hybridized carbons (Fsp3) is 0.333. The van der Waals surface area contributed by atoms with Crippen LogP contribution >= 0.6 is 24.0 Å². The standard InChI is InChI=1S/C21H27N5O.HI/c1-16-24-19-7-5-6-8-20(19)26(16)14-13-23-21(22-2)25(3)15-17-9-11-18(27-4)12-10-17;/h5-12H,13-15H2,1-4H3,(H,22,23);1H. The maximum Gasteiger partial charge on any atom is 0.193 e. The van der Waals surface area contributed by atoms with Crippen molar-refractivity contribution in [3.63, 3.8) is 0 Å². The molecule has 0 spiro atoms. The predicted molar refractivity (Wildman–Crippen MR) is 126 cm³/mol.